The number of aromatic nitrogens is 2. The van der Waals surface area contributed by atoms with Gasteiger partial charge in [-0.15, -0.1) is 5.10 Å². The molecule has 0 spiro atoms. The first-order chi connectivity index (χ1) is 12.8. The number of rotatable bonds is 5. The Labute approximate surface area is 151 Å². The van der Waals surface area contributed by atoms with Crippen molar-refractivity contribution < 1.29 is 13.9 Å². The Morgan fingerprint density at radius 1 is 1.31 bits per heavy atom. The fourth-order valence-electron chi connectivity index (χ4n) is 3.16. The second-order valence-electron chi connectivity index (χ2n) is 6.26. The van der Waals surface area contributed by atoms with E-state index in [-0.39, 0.29) is 11.9 Å². The largest absolute Gasteiger partial charge is 0.464 e. The zero-order valence-electron chi connectivity index (χ0n) is 14.3. The number of nitrogens with one attached hydrogen (secondary N) is 1. The molecule has 1 aromatic carbocycles. The molecule has 3 heterocycles. The molecule has 0 radical (unpaired) electrons. The van der Waals surface area contributed by atoms with Crippen LogP contribution in [0.4, 0.5) is 0 Å². The van der Waals surface area contributed by atoms with E-state index >= 15 is 0 Å². The minimum Gasteiger partial charge on any atom is -0.464 e. The highest BCUT2D eigenvalue weighted by Crippen LogP contribution is 2.17. The molecule has 3 aromatic rings. The van der Waals surface area contributed by atoms with Crippen molar-refractivity contribution >= 4 is 16.9 Å². The van der Waals surface area contributed by atoms with E-state index in [1.165, 1.54) is 5.56 Å². The SMILES string of the molecule is O=C(c1cccnn1)N1CCOCC1CNCc1ccc2occc2c1. The van der Waals surface area contributed by atoms with Crippen LogP contribution >= 0.6 is 0 Å². The number of ether oxygens (including phenoxy) is 1. The van der Waals surface area contributed by atoms with Gasteiger partial charge in [0, 0.05) is 31.2 Å². The Kier molecular flexibility index (Phi) is 4.90. The summed E-state index contributed by atoms with van der Waals surface area (Å²) in [6, 6.07) is 11.4. The molecule has 7 nitrogen and oxygen atoms in total. The topological polar surface area (TPSA) is 80.5 Å². The van der Waals surface area contributed by atoms with Gasteiger partial charge in [-0.25, -0.2) is 0 Å². The van der Waals surface area contributed by atoms with Crippen LogP contribution in [0.25, 0.3) is 11.0 Å². The number of hydrogen-bond donors (Lipinski definition) is 1. The van der Waals surface area contributed by atoms with E-state index in [9.17, 15) is 4.79 Å². The highest BCUT2D eigenvalue weighted by molar-refractivity contribution is 5.92. The number of benzene rings is 1. The van der Waals surface area contributed by atoms with Crippen molar-refractivity contribution in [3.05, 3.63) is 60.1 Å². The smallest absolute Gasteiger partial charge is 0.274 e. The summed E-state index contributed by atoms with van der Waals surface area (Å²) in [5.74, 6) is -0.104. The van der Waals surface area contributed by atoms with Crippen molar-refractivity contribution in [2.24, 2.45) is 0 Å². The molecule has 1 aliphatic rings. The molecular formula is C19H20N4O3. The summed E-state index contributed by atoms with van der Waals surface area (Å²) in [4.78, 5) is 14.5. The van der Waals surface area contributed by atoms with E-state index in [0.29, 0.717) is 38.5 Å². The molecule has 1 saturated heterocycles. The highest BCUT2D eigenvalue weighted by Gasteiger charge is 2.28. The van der Waals surface area contributed by atoms with E-state index in [1.54, 1.807) is 24.6 Å². The molecule has 4 rings (SSSR count). The van der Waals surface area contributed by atoms with Crippen LogP contribution in [-0.4, -0.2) is 53.3 Å². The normalized spacial score (nSPS) is 17.5. The van der Waals surface area contributed by atoms with Gasteiger partial charge >= 0.3 is 0 Å². The number of morpholine rings is 1. The number of nitrogens with zero attached hydrogens (tertiary/aromatic N) is 3. The summed E-state index contributed by atoms with van der Waals surface area (Å²) in [6.45, 7) is 2.97. The van der Waals surface area contributed by atoms with E-state index < -0.39 is 0 Å². The van der Waals surface area contributed by atoms with E-state index in [0.717, 1.165) is 11.0 Å². The molecule has 26 heavy (non-hydrogen) atoms. The molecule has 1 N–H and O–H groups in total. The van der Waals surface area contributed by atoms with Gasteiger partial charge in [0.15, 0.2) is 5.69 Å². The first kappa shape index (κ1) is 16.7. The van der Waals surface area contributed by atoms with Gasteiger partial charge < -0.3 is 19.4 Å². The minimum atomic E-state index is -0.104. The third-order valence-electron chi connectivity index (χ3n) is 4.51. The highest BCUT2D eigenvalue weighted by atomic mass is 16.5. The summed E-state index contributed by atoms with van der Waals surface area (Å²) >= 11 is 0. The van der Waals surface area contributed by atoms with Crippen LogP contribution in [0, 0.1) is 0 Å². The number of hydrogen-bond acceptors (Lipinski definition) is 6. The standard InChI is InChI=1S/C19H20N4O3/c24-19(17-2-1-6-21-22-17)23-7-9-25-13-16(23)12-20-11-14-3-4-18-15(10-14)5-8-26-18/h1-6,8,10,16,20H,7,9,11-13H2. The Morgan fingerprint density at radius 3 is 3.15 bits per heavy atom. The molecule has 1 unspecified atom stereocenters. The van der Waals surface area contributed by atoms with Gasteiger partial charge in [0.2, 0.25) is 0 Å². The molecular weight excluding hydrogens is 332 g/mol. The average molecular weight is 352 g/mol. The van der Waals surface area contributed by atoms with Gasteiger partial charge in [0.25, 0.3) is 5.91 Å². The lowest BCUT2D eigenvalue weighted by Gasteiger charge is -2.35. The van der Waals surface area contributed by atoms with Crippen molar-refractivity contribution in [1.29, 1.82) is 0 Å². The molecule has 0 bridgehead atoms. The molecule has 0 aliphatic carbocycles. The molecule has 1 atom stereocenters. The Balaban J connectivity index is 1.38. The molecule has 1 aliphatic heterocycles. The third-order valence-corrected chi connectivity index (χ3v) is 4.51. The third kappa shape index (κ3) is 3.58. The predicted octanol–water partition coefficient (Wildman–Crippen LogP) is 1.85. The molecule has 0 saturated carbocycles. The maximum atomic E-state index is 12.7. The monoisotopic (exact) mass is 352 g/mol. The van der Waals surface area contributed by atoms with Gasteiger partial charge in [-0.1, -0.05) is 6.07 Å². The summed E-state index contributed by atoms with van der Waals surface area (Å²) in [7, 11) is 0. The Morgan fingerprint density at radius 2 is 2.27 bits per heavy atom. The number of furan rings is 1. The maximum Gasteiger partial charge on any atom is 0.274 e. The van der Waals surface area contributed by atoms with Crippen LogP contribution < -0.4 is 5.32 Å². The second kappa shape index (κ2) is 7.63. The lowest BCUT2D eigenvalue weighted by molar-refractivity contribution is -0.00191. The first-order valence-corrected chi connectivity index (χ1v) is 8.64. The van der Waals surface area contributed by atoms with Crippen LogP contribution in [0.1, 0.15) is 16.1 Å². The average Bonchev–Trinajstić information content (AvgIpc) is 3.16. The summed E-state index contributed by atoms with van der Waals surface area (Å²) in [6.07, 6.45) is 3.25. The fourth-order valence-corrected chi connectivity index (χ4v) is 3.16. The van der Waals surface area contributed by atoms with Gasteiger partial charge in [0.05, 0.1) is 25.5 Å². The molecule has 1 amide bonds. The van der Waals surface area contributed by atoms with Gasteiger partial charge in [0.1, 0.15) is 5.58 Å². The van der Waals surface area contributed by atoms with Crippen LogP contribution in [0.2, 0.25) is 0 Å². The Hall–Kier alpha value is -2.77. The number of carbonyl (C=O) groups excluding carboxylic acids is 1. The summed E-state index contributed by atoms with van der Waals surface area (Å²) in [5, 5.41) is 12.2. The summed E-state index contributed by atoms with van der Waals surface area (Å²) < 4.78 is 10.9. The Bertz CT molecular complexity index is 881. The number of amides is 1. The number of fused-ring (bicyclic) bond motifs is 1. The van der Waals surface area contributed by atoms with Crippen LogP contribution in [-0.2, 0) is 11.3 Å². The summed E-state index contributed by atoms with van der Waals surface area (Å²) in [5.41, 5.74) is 2.42. The van der Waals surface area contributed by atoms with Crippen molar-refractivity contribution in [1.82, 2.24) is 20.4 Å². The van der Waals surface area contributed by atoms with Crippen molar-refractivity contribution in [3.63, 3.8) is 0 Å². The predicted molar refractivity (Wildman–Crippen MR) is 95.6 cm³/mol. The lowest BCUT2D eigenvalue weighted by atomic mass is 10.1. The van der Waals surface area contributed by atoms with Gasteiger partial charge in [-0.3, -0.25) is 4.79 Å². The zero-order valence-corrected chi connectivity index (χ0v) is 14.3. The van der Waals surface area contributed by atoms with Crippen LogP contribution in [0.15, 0.2) is 53.3 Å². The van der Waals surface area contributed by atoms with Crippen molar-refractivity contribution in [2.75, 3.05) is 26.3 Å². The molecule has 134 valence electrons. The zero-order chi connectivity index (χ0) is 17.8. The van der Waals surface area contributed by atoms with Gasteiger partial charge in [-0.2, -0.15) is 5.10 Å². The van der Waals surface area contributed by atoms with Gasteiger partial charge in [-0.05, 0) is 35.9 Å². The fraction of sp³-hybridized carbons (Fsp3) is 0.316. The van der Waals surface area contributed by atoms with E-state index in [4.69, 9.17) is 9.15 Å². The first-order valence-electron chi connectivity index (χ1n) is 8.64. The molecule has 1 fully saturated rings. The van der Waals surface area contributed by atoms with Crippen molar-refractivity contribution in [2.45, 2.75) is 12.6 Å². The van der Waals surface area contributed by atoms with Crippen LogP contribution in [0.5, 0.6) is 0 Å². The van der Waals surface area contributed by atoms with E-state index in [1.807, 2.05) is 23.1 Å². The molecule has 7 heteroatoms. The molecule has 2 aromatic heterocycles. The van der Waals surface area contributed by atoms with E-state index in [2.05, 4.69) is 21.6 Å². The second-order valence-corrected chi connectivity index (χ2v) is 6.26. The lowest BCUT2D eigenvalue weighted by Crippen LogP contribution is -2.53. The maximum absolute atomic E-state index is 12.7. The van der Waals surface area contributed by atoms with Crippen molar-refractivity contribution in [3.8, 4) is 0 Å². The number of carbonyl (C=O) groups is 1. The minimum absolute atomic E-state index is 0.0316. The quantitative estimate of drug-likeness (QED) is 0.755. The van der Waals surface area contributed by atoms with Crippen LogP contribution in [0.3, 0.4) is 0 Å².